The first-order valence-electron chi connectivity index (χ1n) is 7.12. The van der Waals surface area contributed by atoms with Crippen LogP contribution in [-0.4, -0.2) is 126 Å². The molecule has 10 N–H and O–H groups in total. The Balaban J connectivity index is 2.54. The Morgan fingerprint density at radius 1 is 0.792 bits per heavy atom. The van der Waals surface area contributed by atoms with Crippen molar-refractivity contribution in [3.05, 3.63) is 0 Å². The van der Waals surface area contributed by atoms with E-state index in [2.05, 4.69) is 0 Å². The molecule has 0 bridgehead atoms. The molecule has 10 atom stereocenters. The first-order chi connectivity index (χ1) is 11.1. The second-order valence-corrected chi connectivity index (χ2v) is 5.48. The molecule has 1 saturated heterocycles. The van der Waals surface area contributed by atoms with Gasteiger partial charge in [0.05, 0.1) is 13.2 Å². The van der Waals surface area contributed by atoms with Gasteiger partial charge in [0, 0.05) is 0 Å². The SMILES string of the molecule is OC[C@@H](O)[C@@H](O)[C@H](O)[C@@H](O)[C@@H](O)OCC1O[C@@H](O)C(O)[C@@H](O)[C@@H]1O. The lowest BCUT2D eigenvalue weighted by Gasteiger charge is -2.38. The third kappa shape index (κ3) is 5.01. The van der Waals surface area contributed by atoms with Gasteiger partial charge in [0.1, 0.15) is 48.8 Å². The van der Waals surface area contributed by atoms with Crippen LogP contribution in [0.25, 0.3) is 0 Å². The molecule has 0 aromatic carbocycles. The standard InChI is InChI=1S/C12H24O12/c13-1-3(14)5(15)7(17)9(19)11(21)23-2-4-6(16)8(18)10(20)12(22)24-4/h3-22H,1-2H2/t3-,4?,5-,6-,7+,8+,9-,10?,11+,12-/m1/s1. The van der Waals surface area contributed by atoms with E-state index < -0.39 is 74.6 Å². The first-order valence-corrected chi connectivity index (χ1v) is 7.12. The Morgan fingerprint density at radius 3 is 1.92 bits per heavy atom. The largest absolute Gasteiger partial charge is 0.394 e. The molecule has 12 nitrogen and oxygen atoms in total. The molecule has 0 spiro atoms. The molecule has 24 heavy (non-hydrogen) atoms. The van der Waals surface area contributed by atoms with Crippen LogP contribution in [0.2, 0.25) is 0 Å². The van der Waals surface area contributed by atoms with E-state index in [1.807, 2.05) is 0 Å². The van der Waals surface area contributed by atoms with Crippen molar-refractivity contribution in [3.63, 3.8) is 0 Å². The minimum atomic E-state index is -2.10. The van der Waals surface area contributed by atoms with E-state index in [9.17, 15) is 40.9 Å². The highest BCUT2D eigenvalue weighted by molar-refractivity contribution is 4.89. The molecule has 0 amide bonds. The average Bonchev–Trinajstić information content (AvgIpc) is 2.58. The van der Waals surface area contributed by atoms with E-state index in [4.69, 9.17) is 19.7 Å². The highest BCUT2D eigenvalue weighted by Crippen LogP contribution is 2.20. The zero-order valence-corrected chi connectivity index (χ0v) is 12.5. The number of aliphatic hydroxyl groups is 10. The van der Waals surface area contributed by atoms with Gasteiger partial charge >= 0.3 is 0 Å². The van der Waals surface area contributed by atoms with Crippen molar-refractivity contribution in [2.45, 2.75) is 61.4 Å². The Hall–Kier alpha value is -0.480. The molecule has 0 aromatic heterocycles. The quantitative estimate of drug-likeness (QED) is 0.183. The lowest BCUT2D eigenvalue weighted by molar-refractivity contribution is -0.300. The molecule has 12 heteroatoms. The second-order valence-electron chi connectivity index (χ2n) is 5.48. The summed E-state index contributed by atoms with van der Waals surface area (Å²) in [5.74, 6) is 0. The molecule has 0 saturated carbocycles. The summed E-state index contributed by atoms with van der Waals surface area (Å²) < 4.78 is 9.50. The van der Waals surface area contributed by atoms with Gasteiger partial charge in [0.25, 0.3) is 0 Å². The van der Waals surface area contributed by atoms with E-state index in [-0.39, 0.29) is 0 Å². The molecular weight excluding hydrogens is 336 g/mol. The van der Waals surface area contributed by atoms with Crippen molar-refractivity contribution in [1.29, 1.82) is 0 Å². The maximum atomic E-state index is 9.66. The molecule has 1 aliphatic rings. The van der Waals surface area contributed by atoms with Crippen molar-refractivity contribution < 1.29 is 60.5 Å². The number of hydrogen-bond acceptors (Lipinski definition) is 12. The molecule has 1 aliphatic heterocycles. The Kier molecular flexibility index (Phi) is 8.34. The molecule has 0 aromatic rings. The number of hydrogen-bond donors (Lipinski definition) is 10. The summed E-state index contributed by atoms with van der Waals surface area (Å²) in [5, 5.41) is 93.7. The summed E-state index contributed by atoms with van der Waals surface area (Å²) in [5.41, 5.74) is 0. The zero-order valence-electron chi connectivity index (χ0n) is 12.5. The van der Waals surface area contributed by atoms with Crippen LogP contribution in [0.1, 0.15) is 0 Å². The fourth-order valence-corrected chi connectivity index (χ4v) is 2.07. The third-order valence-electron chi connectivity index (χ3n) is 3.69. The van der Waals surface area contributed by atoms with Gasteiger partial charge in [-0.3, -0.25) is 0 Å². The Bertz CT molecular complexity index is 370. The molecule has 0 aliphatic carbocycles. The Morgan fingerprint density at radius 2 is 1.38 bits per heavy atom. The van der Waals surface area contributed by atoms with Crippen LogP contribution in [-0.2, 0) is 9.47 Å². The van der Waals surface area contributed by atoms with Crippen molar-refractivity contribution in [3.8, 4) is 0 Å². The number of rotatable bonds is 8. The summed E-state index contributed by atoms with van der Waals surface area (Å²) in [6, 6.07) is 0. The summed E-state index contributed by atoms with van der Waals surface area (Å²) in [6.07, 6.45) is -18.3. The molecule has 144 valence electrons. The van der Waals surface area contributed by atoms with Crippen LogP contribution in [0.5, 0.6) is 0 Å². The maximum absolute atomic E-state index is 9.66. The van der Waals surface area contributed by atoms with Gasteiger partial charge in [-0.1, -0.05) is 0 Å². The van der Waals surface area contributed by atoms with Crippen LogP contribution in [0.3, 0.4) is 0 Å². The van der Waals surface area contributed by atoms with Gasteiger partial charge < -0.3 is 60.5 Å². The minimum absolute atomic E-state index is 0.661. The summed E-state index contributed by atoms with van der Waals surface area (Å²) >= 11 is 0. The van der Waals surface area contributed by atoms with Crippen molar-refractivity contribution in [1.82, 2.24) is 0 Å². The third-order valence-corrected chi connectivity index (χ3v) is 3.69. The predicted octanol–water partition coefficient (Wildman–Crippen LogP) is -6.44. The van der Waals surface area contributed by atoms with Gasteiger partial charge in [-0.05, 0) is 0 Å². The van der Waals surface area contributed by atoms with E-state index in [1.165, 1.54) is 0 Å². The zero-order chi connectivity index (χ0) is 18.6. The van der Waals surface area contributed by atoms with Crippen LogP contribution in [0.4, 0.5) is 0 Å². The minimum Gasteiger partial charge on any atom is -0.394 e. The summed E-state index contributed by atoms with van der Waals surface area (Å²) in [6.45, 7) is -1.56. The smallest absolute Gasteiger partial charge is 0.184 e. The highest BCUT2D eigenvalue weighted by atomic mass is 16.7. The van der Waals surface area contributed by atoms with Crippen LogP contribution >= 0.6 is 0 Å². The van der Waals surface area contributed by atoms with Crippen LogP contribution < -0.4 is 0 Å². The monoisotopic (exact) mass is 360 g/mol. The van der Waals surface area contributed by atoms with Gasteiger partial charge in [-0.2, -0.15) is 0 Å². The Labute approximate surface area is 136 Å². The van der Waals surface area contributed by atoms with Crippen LogP contribution in [0.15, 0.2) is 0 Å². The fraction of sp³-hybridized carbons (Fsp3) is 1.00. The first kappa shape index (κ1) is 21.6. The van der Waals surface area contributed by atoms with E-state index in [0.29, 0.717) is 0 Å². The normalized spacial score (nSPS) is 37.5. The molecule has 1 rings (SSSR count). The van der Waals surface area contributed by atoms with Gasteiger partial charge in [-0.15, -0.1) is 0 Å². The van der Waals surface area contributed by atoms with Crippen LogP contribution in [0, 0.1) is 0 Å². The molecule has 2 unspecified atom stereocenters. The van der Waals surface area contributed by atoms with Crippen molar-refractivity contribution in [2.75, 3.05) is 13.2 Å². The van der Waals surface area contributed by atoms with Gasteiger partial charge in [0.2, 0.25) is 0 Å². The molecule has 1 fully saturated rings. The van der Waals surface area contributed by atoms with Crippen molar-refractivity contribution >= 4 is 0 Å². The molecule has 0 radical (unpaired) electrons. The van der Waals surface area contributed by atoms with E-state index in [0.717, 1.165) is 0 Å². The van der Waals surface area contributed by atoms with Gasteiger partial charge in [-0.25, -0.2) is 0 Å². The fourth-order valence-electron chi connectivity index (χ4n) is 2.07. The topological polar surface area (TPSA) is 221 Å². The van der Waals surface area contributed by atoms with Crippen molar-refractivity contribution in [2.24, 2.45) is 0 Å². The summed E-state index contributed by atoms with van der Waals surface area (Å²) in [4.78, 5) is 0. The summed E-state index contributed by atoms with van der Waals surface area (Å²) in [7, 11) is 0. The second kappa shape index (κ2) is 9.28. The highest BCUT2D eigenvalue weighted by Gasteiger charge is 2.43. The van der Waals surface area contributed by atoms with E-state index in [1.54, 1.807) is 0 Å². The van der Waals surface area contributed by atoms with Gasteiger partial charge in [0.15, 0.2) is 12.6 Å². The predicted molar refractivity (Wildman–Crippen MR) is 72.0 cm³/mol. The number of aliphatic hydroxyl groups excluding tert-OH is 10. The lowest BCUT2D eigenvalue weighted by Crippen LogP contribution is -2.59. The van der Waals surface area contributed by atoms with E-state index >= 15 is 0 Å². The maximum Gasteiger partial charge on any atom is 0.184 e. The lowest BCUT2D eigenvalue weighted by atomic mass is 9.99. The number of ether oxygens (including phenoxy) is 2. The molecular formula is C12H24O12. The molecule has 1 heterocycles. The average molecular weight is 360 g/mol.